The van der Waals surface area contributed by atoms with Crippen molar-refractivity contribution in [1.29, 1.82) is 0 Å². The summed E-state index contributed by atoms with van der Waals surface area (Å²) in [5, 5.41) is 2.96. The van der Waals surface area contributed by atoms with Crippen molar-refractivity contribution in [2.75, 3.05) is 12.3 Å². The Hall–Kier alpha value is -2.08. The number of rotatable bonds is 4. The van der Waals surface area contributed by atoms with Gasteiger partial charge >= 0.3 is 0 Å². The molecule has 0 aromatic heterocycles. The third-order valence-electron chi connectivity index (χ3n) is 4.07. The normalized spacial score (nSPS) is 16.3. The van der Waals surface area contributed by atoms with Gasteiger partial charge in [0.1, 0.15) is 0 Å². The minimum absolute atomic E-state index is 0.0554. The summed E-state index contributed by atoms with van der Waals surface area (Å²) < 4.78 is 19.6. The van der Waals surface area contributed by atoms with E-state index in [0.717, 1.165) is 30.5 Å². The highest BCUT2D eigenvalue weighted by Gasteiger charge is 2.22. The van der Waals surface area contributed by atoms with Gasteiger partial charge in [0.05, 0.1) is 6.04 Å². The van der Waals surface area contributed by atoms with E-state index in [1.807, 2.05) is 18.2 Å². The predicted octanol–water partition coefficient (Wildman–Crippen LogP) is 3.74. The highest BCUT2D eigenvalue weighted by Crippen LogP contribution is 2.31. The molecule has 0 fully saturated rings. The molecule has 0 heterocycles. The van der Waals surface area contributed by atoms with Crippen molar-refractivity contribution < 1.29 is 13.9 Å². The van der Waals surface area contributed by atoms with Gasteiger partial charge in [0.2, 0.25) is 0 Å². The second kappa shape index (κ2) is 7.21. The van der Waals surface area contributed by atoms with E-state index >= 15 is 0 Å². The average Bonchev–Trinajstić information content (AvgIpc) is 2.54. The number of ether oxygens (including phenoxy) is 1. The number of hydrogen-bond acceptors (Lipinski definition) is 3. The molecule has 0 spiro atoms. The first-order valence-corrected chi connectivity index (χ1v) is 8.58. The van der Waals surface area contributed by atoms with Gasteiger partial charge in [-0.25, -0.2) is 4.39 Å². The summed E-state index contributed by atoms with van der Waals surface area (Å²) in [6.45, 7) is -0.223. The van der Waals surface area contributed by atoms with E-state index in [4.69, 9.17) is 10.5 Å². The van der Waals surface area contributed by atoms with Gasteiger partial charge in [-0.15, -0.1) is 0 Å². The van der Waals surface area contributed by atoms with Crippen molar-refractivity contribution in [2.24, 2.45) is 0 Å². The van der Waals surface area contributed by atoms with E-state index in [1.165, 1.54) is 17.7 Å². The molecule has 2 aromatic rings. The van der Waals surface area contributed by atoms with Gasteiger partial charge in [-0.05, 0) is 60.7 Å². The Labute approximate surface area is 148 Å². The molecule has 0 bridgehead atoms. The van der Waals surface area contributed by atoms with Crippen molar-refractivity contribution in [3.63, 3.8) is 0 Å². The SMILES string of the molecule is Nc1ccc2c(c1)CCCC2NC(=O)COc1ccc(Br)cc1F. The average molecular weight is 393 g/mol. The van der Waals surface area contributed by atoms with Crippen LogP contribution in [0.15, 0.2) is 40.9 Å². The summed E-state index contributed by atoms with van der Waals surface area (Å²) in [5.41, 5.74) is 8.82. The zero-order valence-electron chi connectivity index (χ0n) is 13.0. The molecule has 2 aromatic carbocycles. The predicted molar refractivity (Wildman–Crippen MR) is 94.3 cm³/mol. The molecule has 4 nitrogen and oxygen atoms in total. The fourth-order valence-corrected chi connectivity index (χ4v) is 3.29. The van der Waals surface area contributed by atoms with Crippen molar-refractivity contribution in [2.45, 2.75) is 25.3 Å². The summed E-state index contributed by atoms with van der Waals surface area (Å²) in [7, 11) is 0. The maximum atomic E-state index is 13.7. The number of nitrogens with one attached hydrogen (secondary N) is 1. The minimum Gasteiger partial charge on any atom is -0.481 e. The molecule has 0 saturated heterocycles. The summed E-state index contributed by atoms with van der Waals surface area (Å²) in [6, 6.07) is 10.2. The van der Waals surface area contributed by atoms with Crippen LogP contribution in [-0.4, -0.2) is 12.5 Å². The van der Waals surface area contributed by atoms with Gasteiger partial charge in [-0.3, -0.25) is 4.79 Å². The first-order valence-electron chi connectivity index (χ1n) is 7.78. The third kappa shape index (κ3) is 3.87. The van der Waals surface area contributed by atoms with Crippen LogP contribution < -0.4 is 15.8 Å². The standard InChI is InChI=1S/C18H18BrFN2O2/c19-12-4-7-17(15(20)9-12)24-10-18(23)22-16-3-1-2-11-8-13(21)5-6-14(11)16/h4-9,16H,1-3,10,21H2,(H,22,23). The maximum absolute atomic E-state index is 13.7. The number of halogens is 2. The molecule has 0 saturated carbocycles. The topological polar surface area (TPSA) is 64.3 Å². The zero-order valence-corrected chi connectivity index (χ0v) is 14.6. The lowest BCUT2D eigenvalue weighted by Gasteiger charge is -2.26. The summed E-state index contributed by atoms with van der Waals surface area (Å²) in [5.74, 6) is -0.715. The van der Waals surface area contributed by atoms with Crippen LogP contribution in [-0.2, 0) is 11.2 Å². The lowest BCUT2D eigenvalue weighted by Crippen LogP contribution is -2.34. The van der Waals surface area contributed by atoms with E-state index in [1.54, 1.807) is 6.07 Å². The number of nitrogen functional groups attached to an aromatic ring is 1. The van der Waals surface area contributed by atoms with Crippen molar-refractivity contribution in [3.8, 4) is 5.75 Å². The number of anilines is 1. The Morgan fingerprint density at radius 3 is 2.96 bits per heavy atom. The summed E-state index contributed by atoms with van der Waals surface area (Å²) in [6.07, 6.45) is 2.83. The van der Waals surface area contributed by atoms with Crippen LogP contribution >= 0.6 is 15.9 Å². The van der Waals surface area contributed by atoms with Crippen molar-refractivity contribution in [3.05, 3.63) is 57.8 Å². The molecule has 3 N–H and O–H groups in total. The zero-order chi connectivity index (χ0) is 17.1. The fraction of sp³-hybridized carbons (Fsp3) is 0.278. The van der Waals surface area contributed by atoms with Crippen LogP contribution in [0, 0.1) is 5.82 Å². The second-order valence-electron chi connectivity index (χ2n) is 5.83. The Bertz CT molecular complexity index is 767. The summed E-state index contributed by atoms with van der Waals surface area (Å²) in [4.78, 5) is 12.1. The van der Waals surface area contributed by atoms with Gasteiger partial charge < -0.3 is 15.8 Å². The molecule has 6 heteroatoms. The lowest BCUT2D eigenvalue weighted by molar-refractivity contribution is -0.124. The molecular weight excluding hydrogens is 375 g/mol. The first-order chi connectivity index (χ1) is 11.5. The minimum atomic E-state index is -0.504. The molecule has 1 aliphatic carbocycles. The number of benzene rings is 2. The van der Waals surface area contributed by atoms with Gasteiger partial charge in [-0.1, -0.05) is 22.0 Å². The molecular formula is C18H18BrFN2O2. The maximum Gasteiger partial charge on any atom is 0.258 e. The fourth-order valence-electron chi connectivity index (χ4n) is 2.96. The lowest BCUT2D eigenvalue weighted by atomic mass is 9.87. The monoisotopic (exact) mass is 392 g/mol. The summed E-state index contributed by atoms with van der Waals surface area (Å²) >= 11 is 3.18. The number of aryl methyl sites for hydroxylation is 1. The number of hydrogen-bond donors (Lipinski definition) is 2. The van der Waals surface area contributed by atoms with Crippen LogP contribution in [0.4, 0.5) is 10.1 Å². The third-order valence-corrected chi connectivity index (χ3v) is 4.56. The Balaban J connectivity index is 1.62. The van der Waals surface area contributed by atoms with E-state index in [9.17, 15) is 9.18 Å². The largest absolute Gasteiger partial charge is 0.481 e. The van der Waals surface area contributed by atoms with Gasteiger partial charge in [0.25, 0.3) is 5.91 Å². The number of fused-ring (bicyclic) bond motifs is 1. The van der Waals surface area contributed by atoms with E-state index in [-0.39, 0.29) is 24.3 Å². The quantitative estimate of drug-likeness (QED) is 0.778. The highest BCUT2D eigenvalue weighted by molar-refractivity contribution is 9.10. The van der Waals surface area contributed by atoms with Crippen molar-refractivity contribution >= 4 is 27.5 Å². The van der Waals surface area contributed by atoms with Crippen LogP contribution in [0.25, 0.3) is 0 Å². The van der Waals surface area contributed by atoms with Crippen molar-refractivity contribution in [1.82, 2.24) is 5.32 Å². The molecule has 0 aliphatic heterocycles. The van der Waals surface area contributed by atoms with E-state index in [0.29, 0.717) is 4.47 Å². The smallest absolute Gasteiger partial charge is 0.258 e. The van der Waals surface area contributed by atoms with Crippen LogP contribution in [0.2, 0.25) is 0 Å². The van der Waals surface area contributed by atoms with E-state index in [2.05, 4.69) is 21.2 Å². The molecule has 3 rings (SSSR count). The number of amides is 1. The second-order valence-corrected chi connectivity index (χ2v) is 6.75. The van der Waals surface area contributed by atoms with Gasteiger partial charge in [0, 0.05) is 10.2 Å². The first kappa shape index (κ1) is 16.8. The molecule has 1 amide bonds. The molecule has 126 valence electrons. The molecule has 24 heavy (non-hydrogen) atoms. The highest BCUT2D eigenvalue weighted by atomic mass is 79.9. The Morgan fingerprint density at radius 2 is 2.17 bits per heavy atom. The number of carbonyl (C=O) groups excluding carboxylic acids is 1. The Kier molecular flexibility index (Phi) is 5.04. The van der Waals surface area contributed by atoms with Gasteiger partial charge in [-0.2, -0.15) is 0 Å². The molecule has 1 unspecified atom stereocenters. The van der Waals surface area contributed by atoms with Crippen LogP contribution in [0.5, 0.6) is 5.75 Å². The Morgan fingerprint density at radius 1 is 1.33 bits per heavy atom. The van der Waals surface area contributed by atoms with Crippen LogP contribution in [0.3, 0.4) is 0 Å². The number of nitrogens with two attached hydrogens (primary N) is 1. The molecule has 1 atom stereocenters. The van der Waals surface area contributed by atoms with Gasteiger partial charge in [0.15, 0.2) is 18.2 Å². The van der Waals surface area contributed by atoms with E-state index < -0.39 is 5.82 Å². The number of carbonyl (C=O) groups is 1. The molecule has 1 aliphatic rings. The molecule has 0 radical (unpaired) electrons. The van der Waals surface area contributed by atoms with Crippen LogP contribution in [0.1, 0.15) is 30.0 Å².